The molecule has 0 saturated carbocycles. The summed E-state index contributed by atoms with van der Waals surface area (Å²) in [6.07, 6.45) is 4.19. The average Bonchev–Trinajstić information content (AvgIpc) is 2.66. The molecule has 0 fully saturated rings. The Kier molecular flexibility index (Phi) is 3.65. The van der Waals surface area contributed by atoms with Gasteiger partial charge in [0.2, 0.25) is 0 Å². The van der Waals surface area contributed by atoms with E-state index in [1.807, 2.05) is 0 Å². The Morgan fingerprint density at radius 3 is 2.50 bits per heavy atom. The van der Waals surface area contributed by atoms with Gasteiger partial charge >= 0.3 is 0 Å². The second-order valence-electron chi connectivity index (χ2n) is 4.38. The summed E-state index contributed by atoms with van der Waals surface area (Å²) in [5.41, 5.74) is 5.11. The zero-order chi connectivity index (χ0) is 11.8. The van der Waals surface area contributed by atoms with Crippen LogP contribution < -0.4 is 0 Å². The molecule has 2 nitrogen and oxygen atoms in total. The van der Waals surface area contributed by atoms with Crippen LogP contribution in [0.5, 0.6) is 0 Å². The number of benzene rings is 1. The van der Waals surface area contributed by atoms with E-state index in [1.165, 1.54) is 22.3 Å². The van der Waals surface area contributed by atoms with Gasteiger partial charge in [-0.2, -0.15) is 4.40 Å². The molecule has 0 amide bonds. The van der Waals surface area contributed by atoms with Crippen LogP contribution in [0.3, 0.4) is 0 Å². The minimum absolute atomic E-state index is 0. The predicted octanol–water partition coefficient (Wildman–Crippen LogP) is 3.53. The molecule has 0 unspecified atom stereocenters. The van der Waals surface area contributed by atoms with Gasteiger partial charge in [-0.25, -0.2) is 4.57 Å². The number of aryl methyl sites for hydroxylation is 2. The standard InChI is InChI=1S/C15H15N2.Ir/c1-12-7-3-4-8-13(12)15-14-9-5-6-10-17(14)11-16(15)2;/h3-11H,1-2H3;/q+1;. The predicted molar refractivity (Wildman–Crippen MR) is 70.9 cm³/mol. The molecule has 2 aromatic heterocycles. The van der Waals surface area contributed by atoms with Gasteiger partial charge in [0.05, 0.1) is 11.8 Å². The SMILES string of the molecule is Cc1ccccc1-c1c2ccccn2[cH+]n1C.[Ir]. The van der Waals surface area contributed by atoms with Gasteiger partial charge in [0.25, 0.3) is 0 Å². The molecule has 0 atom stereocenters. The van der Waals surface area contributed by atoms with Crippen molar-refractivity contribution in [3.05, 3.63) is 60.6 Å². The number of pyridine rings is 1. The molecule has 0 aliphatic rings. The van der Waals surface area contributed by atoms with E-state index in [0.717, 1.165) is 0 Å². The van der Waals surface area contributed by atoms with Crippen molar-refractivity contribution in [2.24, 2.45) is 7.05 Å². The summed E-state index contributed by atoms with van der Waals surface area (Å²) in [6, 6.07) is 14.8. The van der Waals surface area contributed by atoms with Crippen LogP contribution in [-0.4, -0.2) is 8.97 Å². The molecule has 93 valence electrons. The van der Waals surface area contributed by atoms with Crippen molar-refractivity contribution in [2.45, 2.75) is 6.92 Å². The minimum atomic E-state index is 0. The molecule has 2 heterocycles. The maximum absolute atomic E-state index is 2.18. The second kappa shape index (κ2) is 5.05. The Bertz CT molecular complexity index is 686. The number of imidazole rings is 1. The number of fused-ring (bicyclic) bond motifs is 1. The summed E-state index contributed by atoms with van der Waals surface area (Å²) >= 11 is 0. The topological polar surface area (TPSA) is 9.34 Å². The molecule has 0 bridgehead atoms. The molecule has 3 aromatic rings. The summed E-state index contributed by atoms with van der Waals surface area (Å²) in [5, 5.41) is 0. The maximum atomic E-state index is 2.18. The minimum Gasteiger partial charge on any atom is -0.247 e. The largest absolute Gasteiger partial charge is 0.247 e. The van der Waals surface area contributed by atoms with Gasteiger partial charge in [0.15, 0.2) is 17.5 Å². The van der Waals surface area contributed by atoms with Gasteiger partial charge in [-0.05, 0) is 30.7 Å². The number of hydrogen-bond acceptors (Lipinski definition) is 0. The molecule has 0 aliphatic carbocycles. The average molecular weight is 416 g/mol. The van der Waals surface area contributed by atoms with E-state index in [2.05, 4.69) is 77.9 Å². The van der Waals surface area contributed by atoms with Crippen molar-refractivity contribution in [3.8, 4) is 11.3 Å². The molecule has 0 N–H and O–H groups in total. The van der Waals surface area contributed by atoms with Gasteiger partial charge in [-0.3, -0.25) is 0 Å². The van der Waals surface area contributed by atoms with E-state index in [1.54, 1.807) is 0 Å². The Morgan fingerprint density at radius 2 is 1.72 bits per heavy atom. The molecule has 0 spiro atoms. The summed E-state index contributed by atoms with van der Waals surface area (Å²) in [7, 11) is 2.09. The van der Waals surface area contributed by atoms with Crippen molar-refractivity contribution >= 4 is 5.52 Å². The van der Waals surface area contributed by atoms with E-state index in [4.69, 9.17) is 0 Å². The Hall–Kier alpha value is -1.44. The summed E-state index contributed by atoms with van der Waals surface area (Å²) < 4.78 is 4.33. The molecular formula is C15H15IrN2+. The first-order chi connectivity index (χ1) is 8.27. The van der Waals surface area contributed by atoms with Crippen molar-refractivity contribution < 1.29 is 20.1 Å². The van der Waals surface area contributed by atoms with Crippen LogP contribution in [0.15, 0.2) is 55.0 Å². The first-order valence-electron chi connectivity index (χ1n) is 5.79. The van der Waals surface area contributed by atoms with Gasteiger partial charge in [-0.1, -0.05) is 18.2 Å². The first kappa shape index (κ1) is 13.0. The maximum Gasteiger partial charge on any atom is 0.191 e. The van der Waals surface area contributed by atoms with Crippen molar-refractivity contribution in [1.82, 2.24) is 8.97 Å². The van der Waals surface area contributed by atoms with Crippen LogP contribution in [0.4, 0.5) is 0 Å². The fraction of sp³-hybridized carbons (Fsp3) is 0.133. The van der Waals surface area contributed by atoms with Crippen LogP contribution in [-0.2, 0) is 27.2 Å². The van der Waals surface area contributed by atoms with Crippen LogP contribution in [0.1, 0.15) is 5.56 Å². The fourth-order valence-electron chi connectivity index (χ4n) is 2.35. The summed E-state index contributed by atoms with van der Waals surface area (Å²) in [6.45, 7) is 2.15. The van der Waals surface area contributed by atoms with E-state index in [0.29, 0.717) is 0 Å². The second-order valence-corrected chi connectivity index (χ2v) is 4.38. The quantitative estimate of drug-likeness (QED) is 0.538. The molecule has 1 radical (unpaired) electrons. The third-order valence-electron chi connectivity index (χ3n) is 3.18. The molecule has 1 aromatic carbocycles. The zero-order valence-corrected chi connectivity index (χ0v) is 12.8. The van der Waals surface area contributed by atoms with E-state index < -0.39 is 0 Å². The Labute approximate surface area is 120 Å². The number of aromatic nitrogens is 2. The third kappa shape index (κ3) is 2.00. The molecule has 0 aliphatic heterocycles. The van der Waals surface area contributed by atoms with Crippen LogP contribution >= 0.6 is 0 Å². The normalized spacial score (nSPS) is 10.3. The molecule has 3 heteroatoms. The Morgan fingerprint density at radius 1 is 1.00 bits per heavy atom. The van der Waals surface area contributed by atoms with Gasteiger partial charge < -0.3 is 0 Å². The molecule has 0 saturated heterocycles. The third-order valence-corrected chi connectivity index (χ3v) is 3.18. The zero-order valence-electron chi connectivity index (χ0n) is 10.4. The number of hydrogen-bond donors (Lipinski definition) is 0. The van der Waals surface area contributed by atoms with Crippen molar-refractivity contribution in [2.75, 3.05) is 0 Å². The van der Waals surface area contributed by atoms with Crippen LogP contribution in [0, 0.1) is 6.92 Å². The first-order valence-corrected chi connectivity index (χ1v) is 5.79. The van der Waals surface area contributed by atoms with Crippen molar-refractivity contribution in [3.63, 3.8) is 0 Å². The van der Waals surface area contributed by atoms with Crippen LogP contribution in [0.2, 0.25) is 0 Å². The van der Waals surface area contributed by atoms with E-state index in [9.17, 15) is 0 Å². The van der Waals surface area contributed by atoms with Crippen LogP contribution in [0.25, 0.3) is 16.8 Å². The van der Waals surface area contributed by atoms with Gasteiger partial charge in [-0.15, -0.1) is 0 Å². The smallest absolute Gasteiger partial charge is 0.191 e. The fourth-order valence-corrected chi connectivity index (χ4v) is 2.35. The monoisotopic (exact) mass is 416 g/mol. The van der Waals surface area contributed by atoms with Crippen molar-refractivity contribution in [1.29, 1.82) is 0 Å². The van der Waals surface area contributed by atoms with Gasteiger partial charge in [0.1, 0.15) is 0 Å². The molecule has 18 heavy (non-hydrogen) atoms. The Balaban J connectivity index is 0.00000120. The summed E-state index contributed by atoms with van der Waals surface area (Å²) in [4.78, 5) is 0. The number of nitrogens with zero attached hydrogens (tertiary/aromatic N) is 2. The number of rotatable bonds is 1. The molecular weight excluding hydrogens is 400 g/mol. The van der Waals surface area contributed by atoms with E-state index in [-0.39, 0.29) is 20.1 Å². The van der Waals surface area contributed by atoms with E-state index >= 15 is 0 Å². The van der Waals surface area contributed by atoms with Gasteiger partial charge in [0, 0.05) is 33.2 Å². The molecule has 3 rings (SSSR count). The summed E-state index contributed by atoms with van der Waals surface area (Å²) in [5.74, 6) is 0.